The van der Waals surface area contributed by atoms with E-state index in [1.165, 1.54) is 6.08 Å². The lowest BCUT2D eigenvalue weighted by Crippen LogP contribution is -2.34. The molecule has 1 atom stereocenters. The summed E-state index contributed by atoms with van der Waals surface area (Å²) >= 11 is 0. The van der Waals surface area contributed by atoms with Crippen LogP contribution in [-0.2, 0) is 19.1 Å². The lowest BCUT2D eigenvalue weighted by molar-refractivity contribution is -0.143. The molecule has 0 aromatic heterocycles. The Morgan fingerprint density at radius 2 is 1.64 bits per heavy atom. The largest absolute Gasteiger partial charge is 0.462 e. The SMILES string of the molecule is C=CC(=C)CCC(CCC(=O)C=C)(COC)COC(=O)C=C. The number of allylic oxidation sites excluding steroid dienone is 3. The Kier molecular flexibility index (Phi) is 9.79. The monoisotopic (exact) mass is 306 g/mol. The minimum absolute atomic E-state index is 0.0435. The molecule has 0 spiro atoms. The van der Waals surface area contributed by atoms with E-state index in [1.54, 1.807) is 13.2 Å². The topological polar surface area (TPSA) is 52.6 Å². The minimum Gasteiger partial charge on any atom is -0.462 e. The molecule has 0 bridgehead atoms. The zero-order valence-corrected chi connectivity index (χ0v) is 13.4. The minimum atomic E-state index is -0.488. The van der Waals surface area contributed by atoms with Gasteiger partial charge >= 0.3 is 5.97 Å². The highest BCUT2D eigenvalue weighted by Gasteiger charge is 2.32. The molecule has 0 aliphatic rings. The Morgan fingerprint density at radius 3 is 2.14 bits per heavy atom. The number of hydrogen-bond donors (Lipinski definition) is 0. The molecule has 0 fully saturated rings. The summed E-state index contributed by atoms with van der Waals surface area (Å²) in [5, 5.41) is 0. The van der Waals surface area contributed by atoms with E-state index in [0.717, 1.165) is 11.6 Å². The van der Waals surface area contributed by atoms with Crippen LogP contribution in [0.5, 0.6) is 0 Å². The number of carbonyl (C=O) groups excluding carboxylic acids is 2. The first kappa shape index (κ1) is 20.1. The van der Waals surface area contributed by atoms with Crippen LogP contribution < -0.4 is 0 Å². The maximum Gasteiger partial charge on any atom is 0.330 e. The van der Waals surface area contributed by atoms with Gasteiger partial charge in [-0.1, -0.05) is 38.0 Å². The second-order valence-corrected chi connectivity index (χ2v) is 5.28. The van der Waals surface area contributed by atoms with Gasteiger partial charge in [0.1, 0.15) is 0 Å². The number of ketones is 1. The lowest BCUT2D eigenvalue weighted by Gasteiger charge is -2.32. The summed E-state index contributed by atoms with van der Waals surface area (Å²) in [6.07, 6.45) is 6.37. The Hall–Kier alpha value is -1.94. The second kappa shape index (κ2) is 10.7. The third kappa shape index (κ3) is 7.74. The quantitative estimate of drug-likeness (QED) is 0.297. The summed E-state index contributed by atoms with van der Waals surface area (Å²) < 4.78 is 10.5. The summed E-state index contributed by atoms with van der Waals surface area (Å²) in [5.41, 5.74) is 0.448. The standard InChI is InChI=1S/C18H26O4/c1-6-15(4)9-11-18(13-21-5,12-10-16(19)7-2)14-22-17(20)8-3/h6-8H,1-4,9-14H2,5H3. The first-order valence-corrected chi connectivity index (χ1v) is 7.16. The van der Waals surface area contributed by atoms with E-state index in [4.69, 9.17) is 9.47 Å². The van der Waals surface area contributed by atoms with Gasteiger partial charge in [-0.2, -0.15) is 0 Å². The highest BCUT2D eigenvalue weighted by atomic mass is 16.5. The molecule has 4 heteroatoms. The third-order valence-electron chi connectivity index (χ3n) is 3.53. The number of methoxy groups -OCH3 is 1. The van der Waals surface area contributed by atoms with Crippen LogP contribution in [0.2, 0.25) is 0 Å². The number of carbonyl (C=O) groups is 2. The van der Waals surface area contributed by atoms with Crippen molar-refractivity contribution in [2.75, 3.05) is 20.3 Å². The van der Waals surface area contributed by atoms with Crippen LogP contribution in [0.4, 0.5) is 0 Å². The van der Waals surface area contributed by atoms with Crippen LogP contribution in [0.15, 0.2) is 50.1 Å². The van der Waals surface area contributed by atoms with E-state index in [1.807, 2.05) is 0 Å². The summed E-state index contributed by atoms with van der Waals surface area (Å²) in [6.45, 7) is 15.0. The molecule has 0 rings (SSSR count). The number of rotatable bonds is 13. The highest BCUT2D eigenvalue weighted by molar-refractivity contribution is 5.89. The van der Waals surface area contributed by atoms with Crippen molar-refractivity contribution in [3.05, 3.63) is 50.1 Å². The Labute approximate surface area is 133 Å². The molecular formula is C18H26O4. The van der Waals surface area contributed by atoms with Crippen LogP contribution in [0.1, 0.15) is 25.7 Å². The van der Waals surface area contributed by atoms with Gasteiger partial charge < -0.3 is 9.47 Å². The number of esters is 1. The molecular weight excluding hydrogens is 280 g/mol. The predicted molar refractivity (Wildman–Crippen MR) is 88.5 cm³/mol. The van der Waals surface area contributed by atoms with Crippen molar-refractivity contribution in [3.63, 3.8) is 0 Å². The Morgan fingerprint density at radius 1 is 1.00 bits per heavy atom. The maximum atomic E-state index is 11.5. The number of hydrogen-bond acceptors (Lipinski definition) is 4. The summed E-state index contributed by atoms with van der Waals surface area (Å²) in [6, 6.07) is 0. The van der Waals surface area contributed by atoms with Crippen LogP contribution in [0.3, 0.4) is 0 Å². The predicted octanol–water partition coefficient (Wildman–Crippen LogP) is 3.41. The zero-order valence-electron chi connectivity index (χ0n) is 13.4. The van der Waals surface area contributed by atoms with Gasteiger partial charge in [-0.25, -0.2) is 4.79 Å². The van der Waals surface area contributed by atoms with Crippen molar-refractivity contribution in [1.29, 1.82) is 0 Å². The van der Waals surface area contributed by atoms with E-state index in [2.05, 4.69) is 26.3 Å². The van der Waals surface area contributed by atoms with Gasteiger partial charge in [0.05, 0.1) is 13.2 Å². The third-order valence-corrected chi connectivity index (χ3v) is 3.53. The first-order valence-electron chi connectivity index (χ1n) is 7.16. The van der Waals surface area contributed by atoms with E-state index in [-0.39, 0.29) is 12.4 Å². The van der Waals surface area contributed by atoms with Crippen molar-refractivity contribution in [2.45, 2.75) is 25.7 Å². The fourth-order valence-electron chi connectivity index (χ4n) is 2.06. The molecule has 0 saturated heterocycles. The maximum absolute atomic E-state index is 11.5. The van der Waals surface area contributed by atoms with Crippen molar-refractivity contribution in [2.24, 2.45) is 5.41 Å². The average Bonchev–Trinajstić information content (AvgIpc) is 2.54. The lowest BCUT2D eigenvalue weighted by atomic mass is 9.79. The van der Waals surface area contributed by atoms with Gasteiger partial charge in [0.2, 0.25) is 0 Å². The molecule has 1 unspecified atom stereocenters. The zero-order chi connectivity index (χ0) is 17.0. The van der Waals surface area contributed by atoms with Crippen molar-refractivity contribution in [3.8, 4) is 0 Å². The molecule has 0 aromatic rings. The van der Waals surface area contributed by atoms with Gasteiger partial charge in [-0.15, -0.1) is 0 Å². The fourth-order valence-corrected chi connectivity index (χ4v) is 2.06. The Balaban J connectivity index is 5.03. The van der Waals surface area contributed by atoms with Crippen LogP contribution in [-0.4, -0.2) is 32.1 Å². The van der Waals surface area contributed by atoms with Gasteiger partial charge in [0.25, 0.3) is 0 Å². The smallest absolute Gasteiger partial charge is 0.330 e. The molecule has 0 saturated carbocycles. The molecule has 0 aliphatic carbocycles. The number of ether oxygens (including phenoxy) is 2. The van der Waals surface area contributed by atoms with Crippen molar-refractivity contribution >= 4 is 11.8 Å². The molecule has 0 radical (unpaired) electrons. The summed E-state index contributed by atoms with van der Waals surface area (Å²) in [4.78, 5) is 22.9. The fraction of sp³-hybridized carbons (Fsp3) is 0.444. The van der Waals surface area contributed by atoms with Crippen molar-refractivity contribution < 1.29 is 19.1 Å². The molecule has 0 N–H and O–H groups in total. The van der Waals surface area contributed by atoms with Crippen LogP contribution >= 0.6 is 0 Å². The van der Waals surface area contributed by atoms with Crippen LogP contribution in [0, 0.1) is 5.41 Å². The van der Waals surface area contributed by atoms with E-state index in [9.17, 15) is 9.59 Å². The molecule has 122 valence electrons. The highest BCUT2D eigenvalue weighted by Crippen LogP contribution is 2.32. The van der Waals surface area contributed by atoms with Crippen molar-refractivity contribution in [1.82, 2.24) is 0 Å². The Bertz CT molecular complexity index is 375. The van der Waals surface area contributed by atoms with E-state index < -0.39 is 11.4 Å². The molecule has 4 nitrogen and oxygen atoms in total. The summed E-state index contributed by atoms with van der Waals surface area (Å²) in [5.74, 6) is -0.531. The first-order chi connectivity index (χ1) is 10.4. The van der Waals surface area contributed by atoms with Gasteiger partial charge in [-0.3, -0.25) is 4.79 Å². The van der Waals surface area contributed by atoms with Crippen LogP contribution in [0.25, 0.3) is 0 Å². The average molecular weight is 306 g/mol. The molecule has 22 heavy (non-hydrogen) atoms. The van der Waals surface area contributed by atoms with Gasteiger partial charge in [0, 0.05) is 25.0 Å². The van der Waals surface area contributed by atoms with Gasteiger partial charge in [0.15, 0.2) is 5.78 Å². The molecule has 0 heterocycles. The molecule has 0 aliphatic heterocycles. The molecule has 0 amide bonds. The second-order valence-electron chi connectivity index (χ2n) is 5.28. The van der Waals surface area contributed by atoms with E-state index in [0.29, 0.717) is 32.3 Å². The normalized spacial score (nSPS) is 12.8. The summed E-state index contributed by atoms with van der Waals surface area (Å²) in [7, 11) is 1.59. The molecule has 0 aromatic carbocycles. The van der Waals surface area contributed by atoms with Gasteiger partial charge in [-0.05, 0) is 25.3 Å². The van der Waals surface area contributed by atoms with E-state index >= 15 is 0 Å².